The van der Waals surface area contributed by atoms with Gasteiger partial charge in [0.05, 0.1) is 16.8 Å². The highest BCUT2D eigenvalue weighted by atomic mass is 19.1. The first-order valence-corrected chi connectivity index (χ1v) is 6.57. The fraction of sp³-hybridized carbons (Fsp3) is 0.133. The molecule has 3 aromatic rings. The lowest BCUT2D eigenvalue weighted by Crippen LogP contribution is -2.18. The molecular weight excluding hydrogens is 276 g/mol. The third-order valence-electron chi connectivity index (χ3n) is 3.44. The molecule has 0 aliphatic carbocycles. The number of nitrogens with one attached hydrogen (secondary N) is 2. The average Bonchev–Trinajstić information content (AvgIpc) is 2.90. The quantitative estimate of drug-likeness (QED) is 0.722. The number of rotatable bonds is 1. The van der Waals surface area contributed by atoms with Crippen LogP contribution >= 0.6 is 0 Å². The maximum absolute atomic E-state index is 13.7. The third kappa shape index (κ3) is 1.91. The van der Waals surface area contributed by atoms with E-state index in [4.69, 9.17) is 4.74 Å². The SMILES string of the molecule is Fc1cc(F)c2nc(-c3cccc4c3OCCN4)[nH]c2c1. The predicted molar refractivity (Wildman–Crippen MR) is 75.4 cm³/mol. The maximum atomic E-state index is 13.7. The van der Waals surface area contributed by atoms with E-state index < -0.39 is 11.6 Å². The van der Waals surface area contributed by atoms with Crippen molar-refractivity contribution in [3.63, 3.8) is 0 Å². The highest BCUT2D eigenvalue weighted by molar-refractivity contribution is 5.83. The van der Waals surface area contributed by atoms with E-state index >= 15 is 0 Å². The predicted octanol–water partition coefficient (Wildman–Crippen LogP) is 3.31. The van der Waals surface area contributed by atoms with Crippen molar-refractivity contribution in [2.75, 3.05) is 18.5 Å². The van der Waals surface area contributed by atoms with E-state index in [2.05, 4.69) is 15.3 Å². The zero-order chi connectivity index (χ0) is 14.4. The molecule has 4 nitrogen and oxygen atoms in total. The van der Waals surface area contributed by atoms with E-state index in [0.29, 0.717) is 23.7 Å². The van der Waals surface area contributed by atoms with Gasteiger partial charge >= 0.3 is 0 Å². The van der Waals surface area contributed by atoms with E-state index in [1.807, 2.05) is 18.2 Å². The summed E-state index contributed by atoms with van der Waals surface area (Å²) in [4.78, 5) is 7.17. The molecule has 0 unspecified atom stereocenters. The molecule has 0 atom stereocenters. The van der Waals surface area contributed by atoms with Gasteiger partial charge in [-0.2, -0.15) is 0 Å². The number of imidazole rings is 1. The van der Waals surface area contributed by atoms with Crippen molar-refractivity contribution >= 4 is 16.7 Å². The minimum atomic E-state index is -0.684. The van der Waals surface area contributed by atoms with Crippen LogP contribution in [0.15, 0.2) is 30.3 Å². The van der Waals surface area contributed by atoms with Crippen LogP contribution in [0.25, 0.3) is 22.4 Å². The van der Waals surface area contributed by atoms with Crippen molar-refractivity contribution < 1.29 is 13.5 Å². The molecule has 1 aromatic heterocycles. The second-order valence-electron chi connectivity index (χ2n) is 4.83. The van der Waals surface area contributed by atoms with Crippen LogP contribution in [0, 0.1) is 11.6 Å². The first-order valence-electron chi connectivity index (χ1n) is 6.57. The van der Waals surface area contributed by atoms with Crippen LogP contribution in [-0.4, -0.2) is 23.1 Å². The van der Waals surface area contributed by atoms with Crippen LogP contribution in [0.5, 0.6) is 5.75 Å². The number of H-pyrrole nitrogens is 1. The molecule has 106 valence electrons. The van der Waals surface area contributed by atoms with Gasteiger partial charge in [-0.3, -0.25) is 0 Å². The summed E-state index contributed by atoms with van der Waals surface area (Å²) in [5, 5.41) is 3.23. The molecule has 0 radical (unpaired) electrons. The van der Waals surface area contributed by atoms with Crippen molar-refractivity contribution in [2.45, 2.75) is 0 Å². The monoisotopic (exact) mass is 287 g/mol. The lowest BCUT2D eigenvalue weighted by molar-refractivity contribution is 0.324. The molecular formula is C15H11F2N3O. The summed E-state index contributed by atoms with van der Waals surface area (Å²) in [6, 6.07) is 7.65. The maximum Gasteiger partial charge on any atom is 0.153 e. The normalized spacial score (nSPS) is 13.6. The first-order chi connectivity index (χ1) is 10.2. The molecule has 21 heavy (non-hydrogen) atoms. The molecule has 2 aromatic carbocycles. The molecule has 4 rings (SSSR count). The van der Waals surface area contributed by atoms with E-state index in [1.54, 1.807) is 0 Å². The zero-order valence-electron chi connectivity index (χ0n) is 10.9. The number of aromatic amines is 1. The Morgan fingerprint density at radius 1 is 1.19 bits per heavy atom. The van der Waals surface area contributed by atoms with Crippen LogP contribution in [0.2, 0.25) is 0 Å². The lowest BCUT2D eigenvalue weighted by Gasteiger charge is -2.20. The van der Waals surface area contributed by atoms with Crippen LogP contribution in [-0.2, 0) is 0 Å². The Kier molecular flexibility index (Phi) is 2.57. The summed E-state index contributed by atoms with van der Waals surface area (Å²) in [6.45, 7) is 1.28. The largest absolute Gasteiger partial charge is 0.489 e. The van der Waals surface area contributed by atoms with Gasteiger partial charge in [0.15, 0.2) is 11.6 Å². The summed E-state index contributed by atoms with van der Waals surface area (Å²) < 4.78 is 32.7. The van der Waals surface area contributed by atoms with Gasteiger partial charge in [-0.25, -0.2) is 13.8 Å². The molecule has 2 heterocycles. The number of fused-ring (bicyclic) bond motifs is 2. The van der Waals surface area contributed by atoms with Gasteiger partial charge in [0.25, 0.3) is 0 Å². The Morgan fingerprint density at radius 2 is 2.10 bits per heavy atom. The standard InChI is InChI=1S/C15H11F2N3O/c16-8-6-10(17)13-12(7-8)19-15(20-13)9-2-1-3-11-14(9)21-5-4-18-11/h1-3,6-7,18H,4-5H2,(H,19,20). The number of anilines is 1. The fourth-order valence-corrected chi connectivity index (χ4v) is 2.53. The number of benzene rings is 2. The van der Waals surface area contributed by atoms with Crippen molar-refractivity contribution in [3.05, 3.63) is 42.0 Å². The summed E-state index contributed by atoms with van der Waals surface area (Å²) in [7, 11) is 0. The van der Waals surface area contributed by atoms with Crippen molar-refractivity contribution in [2.24, 2.45) is 0 Å². The molecule has 0 bridgehead atoms. The number of ether oxygens (including phenoxy) is 1. The highest BCUT2D eigenvalue weighted by Crippen LogP contribution is 2.37. The molecule has 1 aliphatic heterocycles. The second-order valence-corrected chi connectivity index (χ2v) is 4.83. The van der Waals surface area contributed by atoms with Gasteiger partial charge in [0, 0.05) is 12.6 Å². The van der Waals surface area contributed by atoms with Gasteiger partial charge in [-0.05, 0) is 18.2 Å². The molecule has 6 heteroatoms. The number of hydrogen-bond donors (Lipinski definition) is 2. The highest BCUT2D eigenvalue weighted by Gasteiger charge is 2.18. The molecule has 1 aliphatic rings. The minimum absolute atomic E-state index is 0.118. The van der Waals surface area contributed by atoms with Crippen molar-refractivity contribution in [3.8, 4) is 17.1 Å². The number of hydrogen-bond acceptors (Lipinski definition) is 3. The Bertz CT molecular complexity index is 844. The lowest BCUT2D eigenvalue weighted by atomic mass is 10.1. The third-order valence-corrected chi connectivity index (χ3v) is 3.44. The van der Waals surface area contributed by atoms with Crippen molar-refractivity contribution in [1.82, 2.24) is 9.97 Å². The van der Waals surface area contributed by atoms with Gasteiger partial charge < -0.3 is 15.0 Å². The number of halogens is 2. The molecule has 0 saturated heterocycles. The summed E-state index contributed by atoms with van der Waals surface area (Å²) in [5.74, 6) is -0.196. The zero-order valence-corrected chi connectivity index (χ0v) is 10.9. The van der Waals surface area contributed by atoms with Gasteiger partial charge in [0.2, 0.25) is 0 Å². The Balaban J connectivity index is 1.93. The van der Waals surface area contributed by atoms with Gasteiger partial charge in [-0.15, -0.1) is 0 Å². The van der Waals surface area contributed by atoms with Gasteiger partial charge in [-0.1, -0.05) is 6.07 Å². The molecule has 0 fully saturated rings. The number of aromatic nitrogens is 2. The van der Waals surface area contributed by atoms with E-state index in [-0.39, 0.29) is 5.52 Å². The van der Waals surface area contributed by atoms with E-state index in [1.165, 1.54) is 6.07 Å². The molecule has 0 amide bonds. The van der Waals surface area contributed by atoms with Gasteiger partial charge in [0.1, 0.15) is 23.8 Å². The number of nitrogens with zero attached hydrogens (tertiary/aromatic N) is 1. The van der Waals surface area contributed by atoms with Crippen LogP contribution in [0.4, 0.5) is 14.5 Å². The van der Waals surface area contributed by atoms with Crippen LogP contribution in [0.1, 0.15) is 0 Å². The Hall–Kier alpha value is -2.63. The molecule has 2 N–H and O–H groups in total. The number of para-hydroxylation sites is 1. The van der Waals surface area contributed by atoms with E-state index in [9.17, 15) is 8.78 Å². The molecule has 0 spiro atoms. The first kappa shape index (κ1) is 12.1. The van der Waals surface area contributed by atoms with E-state index in [0.717, 1.165) is 23.9 Å². The minimum Gasteiger partial charge on any atom is -0.489 e. The Labute approximate surface area is 118 Å². The average molecular weight is 287 g/mol. The van der Waals surface area contributed by atoms with Crippen LogP contribution in [0.3, 0.4) is 0 Å². The Morgan fingerprint density at radius 3 is 3.00 bits per heavy atom. The second kappa shape index (κ2) is 4.44. The van der Waals surface area contributed by atoms with Crippen molar-refractivity contribution in [1.29, 1.82) is 0 Å². The summed E-state index contributed by atoms with van der Waals surface area (Å²) in [5.41, 5.74) is 2.03. The smallest absolute Gasteiger partial charge is 0.153 e. The fourth-order valence-electron chi connectivity index (χ4n) is 2.53. The topological polar surface area (TPSA) is 49.9 Å². The van der Waals surface area contributed by atoms with Crippen LogP contribution < -0.4 is 10.1 Å². The molecule has 0 saturated carbocycles. The summed E-state index contributed by atoms with van der Waals surface area (Å²) in [6.07, 6.45) is 0. The summed E-state index contributed by atoms with van der Waals surface area (Å²) >= 11 is 0.